The second-order valence-electron chi connectivity index (χ2n) is 5.37. The van der Waals surface area contributed by atoms with E-state index < -0.39 is 0 Å². The summed E-state index contributed by atoms with van der Waals surface area (Å²) in [5.74, 6) is 2.72. The van der Waals surface area contributed by atoms with Crippen LogP contribution in [-0.2, 0) is 13.1 Å². The van der Waals surface area contributed by atoms with Crippen LogP contribution in [-0.4, -0.2) is 20.8 Å². The minimum atomic E-state index is 0.646. The average Bonchev–Trinajstić information content (AvgIpc) is 2.75. The Morgan fingerprint density at radius 1 is 1.41 bits per heavy atom. The van der Waals surface area contributed by atoms with Gasteiger partial charge in [0.2, 0.25) is 0 Å². The van der Waals surface area contributed by atoms with Crippen molar-refractivity contribution in [3.8, 4) is 0 Å². The molecule has 0 radical (unpaired) electrons. The molecule has 0 amide bonds. The van der Waals surface area contributed by atoms with Crippen molar-refractivity contribution in [1.29, 1.82) is 0 Å². The van der Waals surface area contributed by atoms with Crippen molar-refractivity contribution in [3.63, 3.8) is 0 Å². The minimum Gasteiger partial charge on any atom is -0.307 e. The average molecular weight is 236 g/mol. The van der Waals surface area contributed by atoms with Crippen molar-refractivity contribution in [2.75, 3.05) is 0 Å². The molecule has 1 saturated carbocycles. The molecule has 0 aromatic carbocycles. The largest absolute Gasteiger partial charge is 0.307 e. The van der Waals surface area contributed by atoms with Crippen LogP contribution in [0.2, 0.25) is 0 Å². The molecule has 3 unspecified atom stereocenters. The summed E-state index contributed by atoms with van der Waals surface area (Å²) in [6, 6.07) is 0.646. The molecule has 17 heavy (non-hydrogen) atoms. The van der Waals surface area contributed by atoms with Crippen LogP contribution in [0, 0.1) is 11.8 Å². The lowest BCUT2D eigenvalue weighted by atomic mass is 9.80. The molecule has 1 aliphatic carbocycles. The maximum atomic E-state index is 4.30. The van der Waals surface area contributed by atoms with Gasteiger partial charge in [0.1, 0.15) is 12.2 Å². The maximum absolute atomic E-state index is 4.30. The smallest absolute Gasteiger partial charge is 0.140 e. The normalized spacial score (nSPS) is 29.5. The van der Waals surface area contributed by atoms with Gasteiger partial charge in [0, 0.05) is 12.6 Å². The Labute approximate surface area is 104 Å². The van der Waals surface area contributed by atoms with Crippen LogP contribution in [0.15, 0.2) is 6.33 Å². The Morgan fingerprint density at radius 2 is 2.24 bits per heavy atom. The molecule has 3 atom stereocenters. The van der Waals surface area contributed by atoms with E-state index >= 15 is 0 Å². The van der Waals surface area contributed by atoms with Gasteiger partial charge in [-0.15, -0.1) is 0 Å². The van der Waals surface area contributed by atoms with E-state index in [2.05, 4.69) is 36.2 Å². The molecule has 2 rings (SSSR count). The minimum absolute atomic E-state index is 0.646. The standard InChI is InChI=1S/C13H24N4/c1-4-17-13(15-9-16-17)8-14-12-6-5-10(2)7-11(12)3/h9-12,14H,4-8H2,1-3H3. The van der Waals surface area contributed by atoms with Gasteiger partial charge in [-0.2, -0.15) is 5.10 Å². The highest BCUT2D eigenvalue weighted by Gasteiger charge is 2.24. The van der Waals surface area contributed by atoms with E-state index in [4.69, 9.17) is 0 Å². The molecule has 4 heteroatoms. The van der Waals surface area contributed by atoms with Crippen LogP contribution < -0.4 is 5.32 Å². The van der Waals surface area contributed by atoms with Crippen LogP contribution in [0.4, 0.5) is 0 Å². The lowest BCUT2D eigenvalue weighted by Gasteiger charge is -2.33. The summed E-state index contributed by atoms with van der Waals surface area (Å²) in [7, 11) is 0. The second-order valence-corrected chi connectivity index (χ2v) is 5.37. The fraction of sp³-hybridized carbons (Fsp3) is 0.846. The van der Waals surface area contributed by atoms with E-state index in [-0.39, 0.29) is 0 Å². The first-order valence-electron chi connectivity index (χ1n) is 6.80. The molecule has 1 aromatic heterocycles. The highest BCUT2D eigenvalue weighted by molar-refractivity contribution is 4.87. The molecule has 0 saturated heterocycles. The van der Waals surface area contributed by atoms with Gasteiger partial charge < -0.3 is 5.32 Å². The number of hydrogen-bond donors (Lipinski definition) is 1. The van der Waals surface area contributed by atoms with Crippen molar-refractivity contribution in [2.24, 2.45) is 11.8 Å². The molecule has 1 aliphatic rings. The Morgan fingerprint density at radius 3 is 2.94 bits per heavy atom. The molecule has 4 nitrogen and oxygen atoms in total. The zero-order valence-electron chi connectivity index (χ0n) is 11.2. The molecular formula is C13H24N4. The zero-order chi connectivity index (χ0) is 12.3. The van der Waals surface area contributed by atoms with Gasteiger partial charge in [0.25, 0.3) is 0 Å². The van der Waals surface area contributed by atoms with Crippen LogP contribution in [0.25, 0.3) is 0 Å². The van der Waals surface area contributed by atoms with Gasteiger partial charge in [-0.1, -0.05) is 13.8 Å². The lowest BCUT2D eigenvalue weighted by molar-refractivity contribution is 0.225. The van der Waals surface area contributed by atoms with Gasteiger partial charge in [-0.25, -0.2) is 9.67 Å². The second kappa shape index (κ2) is 5.63. The molecule has 0 aliphatic heterocycles. The first-order valence-corrected chi connectivity index (χ1v) is 6.80. The Bertz CT molecular complexity index is 347. The Hall–Kier alpha value is -0.900. The third kappa shape index (κ3) is 3.06. The number of rotatable bonds is 4. The molecule has 1 fully saturated rings. The predicted octanol–water partition coefficient (Wildman–Crippen LogP) is 2.21. The van der Waals surface area contributed by atoms with Crippen molar-refractivity contribution in [1.82, 2.24) is 20.1 Å². The highest BCUT2D eigenvalue weighted by Crippen LogP contribution is 2.28. The van der Waals surface area contributed by atoms with Crippen LogP contribution in [0.3, 0.4) is 0 Å². The van der Waals surface area contributed by atoms with E-state index in [9.17, 15) is 0 Å². The summed E-state index contributed by atoms with van der Waals surface area (Å²) >= 11 is 0. The molecular weight excluding hydrogens is 212 g/mol. The van der Waals surface area contributed by atoms with Crippen LogP contribution >= 0.6 is 0 Å². The zero-order valence-corrected chi connectivity index (χ0v) is 11.2. The number of nitrogens with zero attached hydrogens (tertiary/aromatic N) is 3. The van der Waals surface area contributed by atoms with Crippen molar-refractivity contribution in [3.05, 3.63) is 12.2 Å². The summed E-state index contributed by atoms with van der Waals surface area (Å²) in [5, 5.41) is 7.84. The maximum Gasteiger partial charge on any atom is 0.140 e. The summed E-state index contributed by atoms with van der Waals surface area (Å²) in [6.45, 7) is 8.56. The molecule has 1 N–H and O–H groups in total. The Kier molecular flexibility index (Phi) is 4.15. The first-order chi connectivity index (χ1) is 8.20. The molecule has 0 bridgehead atoms. The fourth-order valence-corrected chi connectivity index (χ4v) is 2.88. The molecule has 1 aromatic rings. The van der Waals surface area contributed by atoms with Gasteiger partial charge in [-0.3, -0.25) is 0 Å². The predicted molar refractivity (Wildman–Crippen MR) is 68.5 cm³/mol. The summed E-state index contributed by atoms with van der Waals surface area (Å²) in [4.78, 5) is 4.30. The van der Waals surface area contributed by atoms with Crippen molar-refractivity contribution in [2.45, 2.75) is 59.2 Å². The van der Waals surface area contributed by atoms with Crippen LogP contribution in [0.1, 0.15) is 45.9 Å². The van der Waals surface area contributed by atoms with Crippen molar-refractivity contribution >= 4 is 0 Å². The number of hydrogen-bond acceptors (Lipinski definition) is 3. The fourth-order valence-electron chi connectivity index (χ4n) is 2.88. The SMILES string of the molecule is CCn1ncnc1CNC1CCC(C)CC1C. The van der Waals surface area contributed by atoms with Crippen molar-refractivity contribution < 1.29 is 0 Å². The highest BCUT2D eigenvalue weighted by atomic mass is 15.3. The summed E-state index contributed by atoms with van der Waals surface area (Å²) in [6.07, 6.45) is 5.64. The van der Waals surface area contributed by atoms with Gasteiger partial charge in [0.15, 0.2) is 0 Å². The topological polar surface area (TPSA) is 42.7 Å². The number of aromatic nitrogens is 3. The van der Waals surface area contributed by atoms with E-state index in [0.717, 1.165) is 30.7 Å². The lowest BCUT2D eigenvalue weighted by Crippen LogP contribution is -2.39. The quantitative estimate of drug-likeness (QED) is 0.871. The first kappa shape index (κ1) is 12.6. The number of aryl methyl sites for hydroxylation is 1. The number of nitrogens with one attached hydrogen (secondary N) is 1. The van der Waals surface area contributed by atoms with Gasteiger partial charge in [0.05, 0.1) is 6.54 Å². The van der Waals surface area contributed by atoms with E-state index in [0.29, 0.717) is 6.04 Å². The van der Waals surface area contributed by atoms with Crippen LogP contribution in [0.5, 0.6) is 0 Å². The third-order valence-electron chi connectivity index (χ3n) is 3.95. The summed E-state index contributed by atoms with van der Waals surface area (Å²) in [5.41, 5.74) is 0. The van der Waals surface area contributed by atoms with E-state index in [1.165, 1.54) is 19.3 Å². The molecule has 1 heterocycles. The van der Waals surface area contributed by atoms with E-state index in [1.807, 2.05) is 4.68 Å². The Balaban J connectivity index is 1.86. The van der Waals surface area contributed by atoms with Gasteiger partial charge in [-0.05, 0) is 38.0 Å². The van der Waals surface area contributed by atoms with Gasteiger partial charge >= 0.3 is 0 Å². The molecule has 0 spiro atoms. The third-order valence-corrected chi connectivity index (χ3v) is 3.95. The monoisotopic (exact) mass is 236 g/mol. The van der Waals surface area contributed by atoms with E-state index in [1.54, 1.807) is 6.33 Å². The molecule has 96 valence electrons. The summed E-state index contributed by atoms with van der Waals surface area (Å²) < 4.78 is 1.96.